The molecule has 0 aliphatic carbocycles. The van der Waals surface area contributed by atoms with Crippen molar-refractivity contribution in [2.75, 3.05) is 0 Å². The molecule has 0 aromatic rings. The average molecular weight is 123 g/mol. The van der Waals surface area contributed by atoms with Crippen LogP contribution in [-0.2, 0) is 0 Å². The second kappa shape index (κ2) is 3.96. The van der Waals surface area contributed by atoms with E-state index >= 15 is 0 Å². The Kier molecular flexibility index (Phi) is 3.52. The van der Waals surface area contributed by atoms with Gasteiger partial charge in [-0.25, -0.2) is 0 Å². The molecule has 0 saturated carbocycles. The van der Waals surface area contributed by atoms with E-state index in [9.17, 15) is 0 Å². The summed E-state index contributed by atoms with van der Waals surface area (Å²) in [6, 6.07) is 0. The summed E-state index contributed by atoms with van der Waals surface area (Å²) >= 11 is 0. The van der Waals surface area contributed by atoms with Crippen LogP contribution in [0, 0.1) is 0 Å². The van der Waals surface area contributed by atoms with Crippen LogP contribution in [-0.4, -0.2) is 0 Å². The molecule has 1 heteroatoms. The van der Waals surface area contributed by atoms with Crippen molar-refractivity contribution in [1.29, 1.82) is 0 Å². The van der Waals surface area contributed by atoms with Crippen LogP contribution in [0.5, 0.6) is 0 Å². The van der Waals surface area contributed by atoms with Gasteiger partial charge in [0, 0.05) is 11.4 Å². The van der Waals surface area contributed by atoms with Crippen LogP contribution in [0.15, 0.2) is 36.7 Å². The Morgan fingerprint density at radius 2 is 2.11 bits per heavy atom. The molecule has 0 amide bonds. The van der Waals surface area contributed by atoms with E-state index in [0.717, 1.165) is 11.4 Å². The lowest BCUT2D eigenvalue weighted by molar-refractivity contribution is 1.01. The summed E-state index contributed by atoms with van der Waals surface area (Å²) in [6.07, 6.45) is 3.70. The van der Waals surface area contributed by atoms with E-state index in [1.165, 1.54) is 0 Å². The zero-order valence-corrected chi connectivity index (χ0v) is 6.07. The van der Waals surface area contributed by atoms with Gasteiger partial charge < -0.3 is 5.32 Å². The fraction of sp³-hybridized carbons (Fsp3) is 0.250. The lowest BCUT2D eigenvalue weighted by atomic mass is 10.4. The second-order valence-corrected chi connectivity index (χ2v) is 1.85. The van der Waals surface area contributed by atoms with E-state index in [2.05, 4.69) is 18.5 Å². The summed E-state index contributed by atoms with van der Waals surface area (Å²) in [7, 11) is 0. The first kappa shape index (κ1) is 8.02. The third kappa shape index (κ3) is 3.59. The minimum atomic E-state index is 0.933. The standard InChI is InChI=1S/C8H13N/c1-5-8(6-2)9-7(3)4/h5-6,9H,1,3H2,2,4H3/b8-6+. The highest BCUT2D eigenvalue weighted by molar-refractivity contribution is 5.17. The molecule has 9 heavy (non-hydrogen) atoms. The molecule has 50 valence electrons. The molecule has 1 N–H and O–H groups in total. The van der Waals surface area contributed by atoms with Crippen LogP contribution in [0.3, 0.4) is 0 Å². The van der Waals surface area contributed by atoms with Gasteiger partial charge in [-0.15, -0.1) is 0 Å². The quantitative estimate of drug-likeness (QED) is 0.567. The van der Waals surface area contributed by atoms with E-state index in [1.54, 1.807) is 6.08 Å². The van der Waals surface area contributed by atoms with Gasteiger partial charge in [0.15, 0.2) is 0 Å². The molecule has 0 saturated heterocycles. The number of allylic oxidation sites excluding steroid dienone is 3. The first-order chi connectivity index (χ1) is 4.20. The molecule has 0 fully saturated rings. The summed E-state index contributed by atoms with van der Waals surface area (Å²) < 4.78 is 0. The predicted octanol–water partition coefficient (Wildman–Crippen LogP) is 2.20. The fourth-order valence-electron chi connectivity index (χ4n) is 0.487. The third-order valence-corrected chi connectivity index (χ3v) is 0.889. The van der Waals surface area contributed by atoms with E-state index in [0.29, 0.717) is 0 Å². The van der Waals surface area contributed by atoms with Crippen molar-refractivity contribution < 1.29 is 0 Å². The normalized spacial score (nSPS) is 10.7. The highest BCUT2D eigenvalue weighted by Gasteiger charge is 1.84. The molecule has 0 aliphatic heterocycles. The van der Waals surface area contributed by atoms with E-state index in [1.807, 2.05) is 19.9 Å². The Labute approximate surface area is 56.8 Å². The molecule has 0 radical (unpaired) electrons. The molecular formula is C8H13N. The van der Waals surface area contributed by atoms with Crippen molar-refractivity contribution in [1.82, 2.24) is 5.32 Å². The number of hydrogen-bond donors (Lipinski definition) is 1. The molecule has 0 aromatic carbocycles. The van der Waals surface area contributed by atoms with Gasteiger partial charge in [0.05, 0.1) is 0 Å². The van der Waals surface area contributed by atoms with Gasteiger partial charge in [-0.1, -0.05) is 19.2 Å². The highest BCUT2D eigenvalue weighted by Crippen LogP contribution is 1.92. The molecule has 0 atom stereocenters. The molecule has 0 bridgehead atoms. The maximum atomic E-state index is 3.69. The molecule has 0 heterocycles. The van der Waals surface area contributed by atoms with Gasteiger partial charge in [0.2, 0.25) is 0 Å². The number of hydrogen-bond acceptors (Lipinski definition) is 1. The van der Waals surface area contributed by atoms with Crippen LogP contribution >= 0.6 is 0 Å². The zero-order chi connectivity index (χ0) is 7.28. The van der Waals surface area contributed by atoms with Gasteiger partial charge in [-0.2, -0.15) is 0 Å². The van der Waals surface area contributed by atoms with E-state index in [4.69, 9.17) is 0 Å². The Morgan fingerprint density at radius 1 is 1.56 bits per heavy atom. The van der Waals surface area contributed by atoms with E-state index in [-0.39, 0.29) is 0 Å². The van der Waals surface area contributed by atoms with Crippen molar-refractivity contribution in [3.05, 3.63) is 36.7 Å². The summed E-state index contributed by atoms with van der Waals surface area (Å²) in [5.74, 6) is 0. The van der Waals surface area contributed by atoms with Crippen LogP contribution in [0.2, 0.25) is 0 Å². The van der Waals surface area contributed by atoms with Crippen LogP contribution in [0.25, 0.3) is 0 Å². The second-order valence-electron chi connectivity index (χ2n) is 1.85. The number of rotatable bonds is 3. The smallest absolute Gasteiger partial charge is 0.0332 e. The molecule has 0 aromatic heterocycles. The van der Waals surface area contributed by atoms with Gasteiger partial charge in [-0.3, -0.25) is 0 Å². The fourth-order valence-corrected chi connectivity index (χ4v) is 0.487. The summed E-state index contributed by atoms with van der Waals surface area (Å²) in [5.41, 5.74) is 1.94. The van der Waals surface area contributed by atoms with Crippen molar-refractivity contribution in [2.45, 2.75) is 13.8 Å². The Hall–Kier alpha value is -0.980. The lowest BCUT2D eigenvalue weighted by Gasteiger charge is -2.02. The summed E-state index contributed by atoms with van der Waals surface area (Å²) in [4.78, 5) is 0. The highest BCUT2D eigenvalue weighted by atomic mass is 14.9. The molecule has 0 rings (SSSR count). The predicted molar refractivity (Wildman–Crippen MR) is 41.9 cm³/mol. The molecule has 0 aliphatic rings. The first-order valence-corrected chi connectivity index (χ1v) is 2.92. The maximum absolute atomic E-state index is 3.69. The zero-order valence-electron chi connectivity index (χ0n) is 6.07. The van der Waals surface area contributed by atoms with Crippen LogP contribution in [0.4, 0.5) is 0 Å². The molecule has 0 spiro atoms. The number of nitrogens with one attached hydrogen (secondary N) is 1. The third-order valence-electron chi connectivity index (χ3n) is 0.889. The monoisotopic (exact) mass is 123 g/mol. The van der Waals surface area contributed by atoms with Crippen molar-refractivity contribution >= 4 is 0 Å². The summed E-state index contributed by atoms with van der Waals surface area (Å²) in [5, 5.41) is 3.03. The lowest BCUT2D eigenvalue weighted by Crippen LogP contribution is -2.06. The Morgan fingerprint density at radius 3 is 2.22 bits per heavy atom. The SMILES string of the molecule is C=C/C(=C\C)NC(=C)C. The topological polar surface area (TPSA) is 12.0 Å². The minimum Gasteiger partial charge on any atom is -0.360 e. The molecule has 1 nitrogen and oxygen atoms in total. The van der Waals surface area contributed by atoms with Crippen LogP contribution < -0.4 is 5.32 Å². The maximum Gasteiger partial charge on any atom is 0.0332 e. The van der Waals surface area contributed by atoms with E-state index < -0.39 is 0 Å². The van der Waals surface area contributed by atoms with Crippen LogP contribution in [0.1, 0.15) is 13.8 Å². The molecular weight excluding hydrogens is 110 g/mol. The van der Waals surface area contributed by atoms with Gasteiger partial charge in [0.25, 0.3) is 0 Å². The van der Waals surface area contributed by atoms with Crippen molar-refractivity contribution in [2.24, 2.45) is 0 Å². The Bertz CT molecular complexity index is 143. The minimum absolute atomic E-state index is 0.933. The van der Waals surface area contributed by atoms with Gasteiger partial charge >= 0.3 is 0 Å². The summed E-state index contributed by atoms with van der Waals surface area (Å²) in [6.45, 7) is 11.2. The van der Waals surface area contributed by atoms with Gasteiger partial charge in [0.1, 0.15) is 0 Å². The van der Waals surface area contributed by atoms with Crippen molar-refractivity contribution in [3.63, 3.8) is 0 Å². The molecule has 0 unspecified atom stereocenters. The van der Waals surface area contributed by atoms with Crippen molar-refractivity contribution in [3.8, 4) is 0 Å². The largest absolute Gasteiger partial charge is 0.360 e. The first-order valence-electron chi connectivity index (χ1n) is 2.92. The average Bonchev–Trinajstić information content (AvgIpc) is 1.82. The Balaban J connectivity index is 3.86. The van der Waals surface area contributed by atoms with Gasteiger partial charge in [-0.05, 0) is 19.9 Å².